The first-order chi connectivity index (χ1) is 11.7. The van der Waals surface area contributed by atoms with Gasteiger partial charge in [-0.25, -0.2) is 0 Å². The minimum Gasteiger partial charge on any atom is -0.464 e. The Morgan fingerprint density at radius 2 is 2.08 bits per heavy atom. The minimum atomic E-state index is -0.216. The third kappa shape index (κ3) is 3.78. The van der Waals surface area contributed by atoms with E-state index in [4.69, 9.17) is 17.0 Å². The Morgan fingerprint density at radius 1 is 1.29 bits per heavy atom. The van der Waals surface area contributed by atoms with Crippen LogP contribution in [0.15, 0.2) is 36.7 Å². The lowest BCUT2D eigenvalue weighted by Crippen LogP contribution is -2.19. The molecule has 3 rings (SSSR count). The van der Waals surface area contributed by atoms with E-state index in [0.717, 1.165) is 32.1 Å². The van der Waals surface area contributed by atoms with Gasteiger partial charge in [0.2, 0.25) is 0 Å². The van der Waals surface area contributed by atoms with E-state index in [0.29, 0.717) is 17.4 Å². The molecule has 0 amide bonds. The molecule has 24 heavy (non-hydrogen) atoms. The first kappa shape index (κ1) is 17.0. The lowest BCUT2D eigenvalue weighted by molar-refractivity contribution is -0.144. The van der Waals surface area contributed by atoms with E-state index in [2.05, 4.69) is 35.8 Å². The fourth-order valence-electron chi connectivity index (χ4n) is 3.26. The lowest BCUT2D eigenvalue weighted by Gasteiger charge is -2.25. The highest BCUT2D eigenvalue weighted by Crippen LogP contribution is 2.29. The largest absolute Gasteiger partial charge is 0.464 e. The van der Waals surface area contributed by atoms with Crippen molar-refractivity contribution < 1.29 is 9.53 Å². The molecule has 0 bridgehead atoms. The van der Waals surface area contributed by atoms with Crippen molar-refractivity contribution >= 4 is 18.2 Å². The zero-order chi connectivity index (χ0) is 16.9. The lowest BCUT2D eigenvalue weighted by atomic mass is 9.88. The maximum absolute atomic E-state index is 11.9. The molecular weight excluding hydrogens is 320 g/mol. The molecule has 0 N–H and O–H groups in total. The number of hydrogen-bond donors (Lipinski definition) is 0. The SMILES string of the molecule is CCCCOC(=O)Cn1ccn(C2CCc3ccccc3C2)c1=S. The van der Waals surface area contributed by atoms with Gasteiger partial charge in [-0.3, -0.25) is 4.79 Å². The predicted octanol–water partition coefficient (Wildman–Crippen LogP) is 4.09. The average Bonchev–Trinajstić information content (AvgIpc) is 2.95. The molecule has 0 fully saturated rings. The van der Waals surface area contributed by atoms with Crippen molar-refractivity contribution in [2.45, 2.75) is 51.6 Å². The smallest absolute Gasteiger partial charge is 0.326 e. The molecule has 0 aliphatic heterocycles. The number of ether oxygens (including phenoxy) is 1. The Hall–Kier alpha value is -1.88. The van der Waals surface area contributed by atoms with Crippen LogP contribution in [0.1, 0.15) is 43.4 Å². The second-order valence-corrected chi connectivity index (χ2v) is 6.72. The fourth-order valence-corrected chi connectivity index (χ4v) is 3.59. The summed E-state index contributed by atoms with van der Waals surface area (Å²) in [5.74, 6) is -0.216. The maximum atomic E-state index is 11.9. The van der Waals surface area contributed by atoms with Gasteiger partial charge in [0.15, 0.2) is 4.77 Å². The van der Waals surface area contributed by atoms with Crippen LogP contribution in [-0.4, -0.2) is 21.7 Å². The van der Waals surface area contributed by atoms with Gasteiger partial charge in [-0.05, 0) is 49.0 Å². The highest BCUT2D eigenvalue weighted by Gasteiger charge is 2.21. The number of carbonyl (C=O) groups is 1. The second-order valence-electron chi connectivity index (χ2n) is 6.36. The third-order valence-electron chi connectivity index (χ3n) is 4.65. The Morgan fingerprint density at radius 3 is 2.88 bits per heavy atom. The zero-order valence-corrected chi connectivity index (χ0v) is 14.9. The van der Waals surface area contributed by atoms with Crippen LogP contribution in [0.3, 0.4) is 0 Å². The summed E-state index contributed by atoms with van der Waals surface area (Å²) in [6, 6.07) is 8.98. The van der Waals surface area contributed by atoms with Crippen molar-refractivity contribution in [1.29, 1.82) is 0 Å². The van der Waals surface area contributed by atoms with Gasteiger partial charge in [0, 0.05) is 18.4 Å². The van der Waals surface area contributed by atoms with Crippen LogP contribution in [0.2, 0.25) is 0 Å². The number of imidazole rings is 1. The van der Waals surface area contributed by atoms with E-state index in [9.17, 15) is 4.79 Å². The standard InChI is InChI=1S/C19H24N2O2S/c1-2-3-12-23-18(22)14-20-10-11-21(19(20)24)17-9-8-15-6-4-5-7-16(15)13-17/h4-7,10-11,17H,2-3,8-9,12-14H2,1H3. The molecule has 1 aromatic carbocycles. The first-order valence-electron chi connectivity index (χ1n) is 8.68. The van der Waals surface area contributed by atoms with Crippen LogP contribution in [0.5, 0.6) is 0 Å². The summed E-state index contributed by atoms with van der Waals surface area (Å²) < 4.78 is 9.87. The minimum absolute atomic E-state index is 0.193. The fraction of sp³-hybridized carbons (Fsp3) is 0.474. The van der Waals surface area contributed by atoms with Gasteiger partial charge in [-0.15, -0.1) is 0 Å². The Balaban J connectivity index is 1.67. The van der Waals surface area contributed by atoms with Gasteiger partial charge in [-0.1, -0.05) is 37.6 Å². The number of benzene rings is 1. The van der Waals surface area contributed by atoms with Gasteiger partial charge >= 0.3 is 5.97 Å². The van der Waals surface area contributed by atoms with Crippen molar-refractivity contribution in [3.8, 4) is 0 Å². The van der Waals surface area contributed by atoms with Gasteiger partial charge in [0.1, 0.15) is 6.54 Å². The van der Waals surface area contributed by atoms with Crippen LogP contribution in [-0.2, 0) is 28.9 Å². The number of rotatable bonds is 6. The van der Waals surface area contributed by atoms with E-state index >= 15 is 0 Å². The third-order valence-corrected chi connectivity index (χ3v) is 5.09. The maximum Gasteiger partial charge on any atom is 0.326 e. The summed E-state index contributed by atoms with van der Waals surface area (Å²) in [5.41, 5.74) is 2.85. The van der Waals surface area contributed by atoms with Crippen LogP contribution in [0, 0.1) is 4.77 Å². The van der Waals surface area contributed by atoms with Crippen molar-refractivity contribution in [3.05, 3.63) is 52.6 Å². The molecule has 0 spiro atoms. The number of fused-ring (bicyclic) bond motifs is 1. The molecule has 1 heterocycles. The van der Waals surface area contributed by atoms with Crippen molar-refractivity contribution in [2.24, 2.45) is 0 Å². The predicted molar refractivity (Wildman–Crippen MR) is 96.6 cm³/mol. The van der Waals surface area contributed by atoms with Gasteiger partial charge in [0.25, 0.3) is 0 Å². The highest BCUT2D eigenvalue weighted by molar-refractivity contribution is 7.71. The Kier molecular flexibility index (Phi) is 5.51. The topological polar surface area (TPSA) is 36.2 Å². The number of unbranched alkanes of at least 4 members (excludes halogenated alkanes) is 1. The molecule has 128 valence electrons. The summed E-state index contributed by atoms with van der Waals surface area (Å²) in [6.07, 6.45) is 8.97. The normalized spacial score (nSPS) is 16.6. The molecule has 1 aliphatic carbocycles. The van der Waals surface area contributed by atoms with E-state index in [1.807, 2.05) is 17.0 Å². The molecule has 1 aliphatic rings. The van der Waals surface area contributed by atoms with E-state index in [1.54, 1.807) is 0 Å². The van der Waals surface area contributed by atoms with Crippen molar-refractivity contribution in [2.75, 3.05) is 6.61 Å². The summed E-state index contributed by atoms with van der Waals surface area (Å²) in [4.78, 5) is 11.9. The number of hydrogen-bond acceptors (Lipinski definition) is 3. The van der Waals surface area contributed by atoms with E-state index < -0.39 is 0 Å². The number of esters is 1. The van der Waals surface area contributed by atoms with Crippen LogP contribution < -0.4 is 0 Å². The molecular formula is C19H24N2O2S. The number of aryl methyl sites for hydroxylation is 1. The first-order valence-corrected chi connectivity index (χ1v) is 9.09. The van der Waals surface area contributed by atoms with Crippen LogP contribution in [0.25, 0.3) is 0 Å². The molecule has 2 aromatic rings. The monoisotopic (exact) mass is 344 g/mol. The molecule has 0 radical (unpaired) electrons. The van der Waals surface area contributed by atoms with Crippen molar-refractivity contribution in [1.82, 2.24) is 9.13 Å². The quantitative estimate of drug-likeness (QED) is 0.450. The molecule has 5 heteroatoms. The Bertz CT molecular complexity index is 763. The van der Waals surface area contributed by atoms with Crippen LogP contribution >= 0.6 is 12.2 Å². The summed E-state index contributed by atoms with van der Waals surface area (Å²) in [7, 11) is 0. The average molecular weight is 344 g/mol. The van der Waals surface area contributed by atoms with Gasteiger partial charge < -0.3 is 13.9 Å². The number of carbonyl (C=O) groups excluding carboxylic acids is 1. The van der Waals surface area contributed by atoms with Gasteiger partial charge in [0.05, 0.1) is 6.61 Å². The molecule has 1 aromatic heterocycles. The summed E-state index contributed by atoms with van der Waals surface area (Å²) in [6.45, 7) is 2.76. The van der Waals surface area contributed by atoms with E-state index in [1.165, 1.54) is 11.1 Å². The van der Waals surface area contributed by atoms with Crippen LogP contribution in [0.4, 0.5) is 0 Å². The Labute approximate surface area is 148 Å². The molecule has 1 unspecified atom stereocenters. The second kappa shape index (κ2) is 7.79. The highest BCUT2D eigenvalue weighted by atomic mass is 32.1. The molecule has 4 nitrogen and oxygen atoms in total. The summed E-state index contributed by atoms with van der Waals surface area (Å²) >= 11 is 5.58. The molecule has 0 saturated heterocycles. The molecule has 1 atom stereocenters. The number of aromatic nitrogens is 2. The van der Waals surface area contributed by atoms with E-state index in [-0.39, 0.29) is 12.5 Å². The van der Waals surface area contributed by atoms with Gasteiger partial charge in [-0.2, -0.15) is 0 Å². The van der Waals surface area contributed by atoms with Crippen molar-refractivity contribution in [3.63, 3.8) is 0 Å². The molecule has 0 saturated carbocycles. The number of nitrogens with zero attached hydrogens (tertiary/aromatic N) is 2. The summed E-state index contributed by atoms with van der Waals surface area (Å²) in [5, 5.41) is 0. The zero-order valence-electron chi connectivity index (χ0n) is 14.1.